The molecule has 0 aromatic carbocycles. The summed E-state index contributed by atoms with van der Waals surface area (Å²) >= 11 is 3.97. The second-order valence-corrected chi connectivity index (χ2v) is 3.60. The summed E-state index contributed by atoms with van der Waals surface area (Å²) in [5, 5.41) is 27.6. The first-order valence-corrected chi connectivity index (χ1v) is 4.40. The first kappa shape index (κ1) is 10.3. The number of hydrogen-bond acceptors (Lipinski definition) is 5. The van der Waals surface area contributed by atoms with E-state index in [2.05, 4.69) is 12.6 Å². The molecule has 0 amide bonds. The summed E-state index contributed by atoms with van der Waals surface area (Å²) in [6, 6.07) is 0. The normalized spacial score (nSPS) is 49.2. The molecule has 0 aliphatic carbocycles. The summed E-state index contributed by atoms with van der Waals surface area (Å²) in [6.45, 7) is 1.44. The lowest BCUT2D eigenvalue weighted by Crippen LogP contribution is -2.52. The van der Waals surface area contributed by atoms with Gasteiger partial charge in [0.05, 0.1) is 18.8 Å². The van der Waals surface area contributed by atoms with Gasteiger partial charge < -0.3 is 20.1 Å². The van der Waals surface area contributed by atoms with E-state index >= 15 is 0 Å². The standard InChI is InChI=1S/C7H14O4S/c1-3-5(9)4(2-8)11-7(12)6(3)10/h3-10,12H,2H2,1H3/t3-,4?,5+,6?,7-/m0/s1. The molecule has 4 nitrogen and oxygen atoms in total. The van der Waals surface area contributed by atoms with Crippen molar-refractivity contribution < 1.29 is 20.1 Å². The van der Waals surface area contributed by atoms with E-state index in [-0.39, 0.29) is 12.5 Å². The molecule has 0 saturated carbocycles. The van der Waals surface area contributed by atoms with Gasteiger partial charge >= 0.3 is 0 Å². The smallest absolute Gasteiger partial charge is 0.127 e. The second kappa shape index (κ2) is 3.93. The van der Waals surface area contributed by atoms with Crippen molar-refractivity contribution in [3.8, 4) is 0 Å². The molecule has 3 N–H and O–H groups in total. The maximum atomic E-state index is 9.45. The van der Waals surface area contributed by atoms with Crippen LogP contribution in [0.15, 0.2) is 0 Å². The van der Waals surface area contributed by atoms with Gasteiger partial charge in [0.25, 0.3) is 0 Å². The summed E-state index contributed by atoms with van der Waals surface area (Å²) in [7, 11) is 0. The highest BCUT2D eigenvalue weighted by atomic mass is 32.1. The van der Waals surface area contributed by atoms with Crippen molar-refractivity contribution >= 4 is 12.6 Å². The zero-order valence-corrected chi connectivity index (χ0v) is 7.69. The molecule has 5 heteroatoms. The lowest BCUT2D eigenvalue weighted by atomic mass is 9.92. The first-order valence-electron chi connectivity index (χ1n) is 3.88. The van der Waals surface area contributed by atoms with Crippen molar-refractivity contribution in [2.75, 3.05) is 6.61 Å². The number of aliphatic hydroxyl groups excluding tert-OH is 3. The van der Waals surface area contributed by atoms with Crippen LogP contribution in [0.1, 0.15) is 6.92 Å². The van der Waals surface area contributed by atoms with Gasteiger partial charge in [0.1, 0.15) is 11.5 Å². The molecule has 1 aliphatic heterocycles. The number of hydrogen-bond donors (Lipinski definition) is 4. The average molecular weight is 194 g/mol. The van der Waals surface area contributed by atoms with E-state index in [0.29, 0.717) is 0 Å². The van der Waals surface area contributed by atoms with E-state index in [0.717, 1.165) is 0 Å². The Balaban J connectivity index is 2.63. The van der Waals surface area contributed by atoms with Gasteiger partial charge in [-0.1, -0.05) is 6.92 Å². The van der Waals surface area contributed by atoms with Gasteiger partial charge in [0.2, 0.25) is 0 Å². The molecule has 0 bridgehead atoms. The molecular weight excluding hydrogens is 180 g/mol. The predicted octanol–water partition coefficient (Wildman–Crippen LogP) is -1.01. The van der Waals surface area contributed by atoms with E-state index < -0.39 is 23.7 Å². The zero-order valence-electron chi connectivity index (χ0n) is 6.79. The molecule has 2 unspecified atom stereocenters. The molecule has 72 valence electrons. The molecule has 1 saturated heterocycles. The van der Waals surface area contributed by atoms with Crippen LogP contribution in [0.25, 0.3) is 0 Å². The summed E-state index contributed by atoms with van der Waals surface area (Å²) in [5.74, 6) is -0.321. The van der Waals surface area contributed by atoms with Gasteiger partial charge in [-0.25, -0.2) is 0 Å². The molecule has 1 aliphatic rings. The molecule has 0 aromatic rings. The lowest BCUT2D eigenvalue weighted by molar-refractivity contribution is -0.177. The van der Waals surface area contributed by atoms with Gasteiger partial charge in [-0.2, -0.15) is 0 Å². The lowest BCUT2D eigenvalue weighted by Gasteiger charge is -2.39. The average Bonchev–Trinajstić information content (AvgIpc) is 2.08. The molecule has 0 radical (unpaired) electrons. The third kappa shape index (κ3) is 1.75. The quantitative estimate of drug-likeness (QED) is 0.404. The fourth-order valence-electron chi connectivity index (χ4n) is 1.29. The van der Waals surface area contributed by atoms with Crippen LogP contribution in [0.4, 0.5) is 0 Å². The Morgan fingerprint density at radius 1 is 1.33 bits per heavy atom. The van der Waals surface area contributed by atoms with Gasteiger partial charge in [-0.05, 0) is 0 Å². The molecule has 12 heavy (non-hydrogen) atoms. The Bertz CT molecular complexity index is 150. The predicted molar refractivity (Wildman–Crippen MR) is 45.9 cm³/mol. The Labute approximate surface area is 76.6 Å². The van der Waals surface area contributed by atoms with E-state index in [1.54, 1.807) is 6.92 Å². The maximum absolute atomic E-state index is 9.45. The Morgan fingerprint density at radius 2 is 1.92 bits per heavy atom. The minimum atomic E-state index is -0.826. The fourth-order valence-corrected chi connectivity index (χ4v) is 1.72. The minimum Gasteiger partial charge on any atom is -0.394 e. The summed E-state index contributed by atoms with van der Waals surface area (Å²) in [4.78, 5) is 0. The third-order valence-electron chi connectivity index (χ3n) is 2.24. The number of thiol groups is 1. The van der Waals surface area contributed by atoms with Crippen LogP contribution >= 0.6 is 12.6 Å². The largest absolute Gasteiger partial charge is 0.394 e. The van der Waals surface area contributed by atoms with Crippen molar-refractivity contribution in [3.63, 3.8) is 0 Å². The van der Waals surface area contributed by atoms with Gasteiger partial charge in [-0.3, -0.25) is 0 Å². The summed E-state index contributed by atoms with van der Waals surface area (Å²) in [6.07, 6.45) is -2.24. The molecular formula is C7H14O4S. The molecule has 0 aromatic heterocycles. The van der Waals surface area contributed by atoms with E-state index in [1.165, 1.54) is 0 Å². The van der Waals surface area contributed by atoms with E-state index in [4.69, 9.17) is 9.84 Å². The van der Waals surface area contributed by atoms with Crippen LogP contribution in [0, 0.1) is 5.92 Å². The number of aliphatic hydroxyl groups is 3. The fraction of sp³-hybridized carbons (Fsp3) is 1.00. The highest BCUT2D eigenvalue weighted by molar-refractivity contribution is 7.80. The van der Waals surface area contributed by atoms with Gasteiger partial charge in [0, 0.05) is 5.92 Å². The van der Waals surface area contributed by atoms with Crippen LogP contribution in [0.3, 0.4) is 0 Å². The highest BCUT2D eigenvalue weighted by Crippen LogP contribution is 2.27. The van der Waals surface area contributed by atoms with Crippen LogP contribution < -0.4 is 0 Å². The van der Waals surface area contributed by atoms with Crippen molar-refractivity contribution in [1.82, 2.24) is 0 Å². The molecule has 1 heterocycles. The van der Waals surface area contributed by atoms with Gasteiger partial charge in [-0.15, -0.1) is 12.6 Å². The number of ether oxygens (including phenoxy) is 1. The maximum Gasteiger partial charge on any atom is 0.127 e. The number of rotatable bonds is 1. The van der Waals surface area contributed by atoms with Crippen LogP contribution in [-0.4, -0.2) is 45.7 Å². The Morgan fingerprint density at radius 3 is 2.42 bits per heavy atom. The SMILES string of the molecule is C[C@@H]1C(O)[C@H](S)OC(CO)[C@@H]1O. The van der Waals surface area contributed by atoms with E-state index in [9.17, 15) is 10.2 Å². The third-order valence-corrected chi connectivity index (χ3v) is 2.67. The Kier molecular flexibility index (Phi) is 3.37. The molecule has 0 spiro atoms. The van der Waals surface area contributed by atoms with Gasteiger partial charge in [0.15, 0.2) is 0 Å². The molecule has 1 rings (SSSR count). The minimum absolute atomic E-state index is 0.255. The van der Waals surface area contributed by atoms with Crippen molar-refractivity contribution in [1.29, 1.82) is 0 Å². The summed E-state index contributed by atoms with van der Waals surface area (Å²) in [5.41, 5.74) is -0.624. The monoisotopic (exact) mass is 194 g/mol. The van der Waals surface area contributed by atoms with E-state index in [1.807, 2.05) is 0 Å². The van der Waals surface area contributed by atoms with Crippen LogP contribution in [0.2, 0.25) is 0 Å². The van der Waals surface area contributed by atoms with Crippen LogP contribution in [0.5, 0.6) is 0 Å². The molecule has 5 atom stereocenters. The van der Waals surface area contributed by atoms with Crippen molar-refractivity contribution in [2.45, 2.75) is 30.7 Å². The Hall–Kier alpha value is 0.190. The highest BCUT2D eigenvalue weighted by Gasteiger charge is 2.39. The topological polar surface area (TPSA) is 69.9 Å². The first-order chi connectivity index (χ1) is 5.57. The molecule has 1 fully saturated rings. The van der Waals surface area contributed by atoms with Crippen molar-refractivity contribution in [2.24, 2.45) is 5.92 Å². The zero-order chi connectivity index (χ0) is 9.30. The second-order valence-electron chi connectivity index (χ2n) is 3.09. The van der Waals surface area contributed by atoms with Crippen molar-refractivity contribution in [3.05, 3.63) is 0 Å². The summed E-state index contributed by atoms with van der Waals surface area (Å²) < 4.78 is 5.04. The van der Waals surface area contributed by atoms with Crippen LogP contribution in [-0.2, 0) is 4.74 Å².